The summed E-state index contributed by atoms with van der Waals surface area (Å²) >= 11 is 0. The number of amidine groups is 1. The average Bonchev–Trinajstić information content (AvgIpc) is 2.44. The van der Waals surface area contributed by atoms with Crippen LogP contribution in [-0.4, -0.2) is 35.3 Å². The monoisotopic (exact) mass is 283 g/mol. The molecule has 0 saturated carbocycles. The number of hydrogen-bond acceptors (Lipinski definition) is 6. The summed E-state index contributed by atoms with van der Waals surface area (Å²) < 4.78 is 10.8. The molecule has 110 valence electrons. The van der Waals surface area contributed by atoms with Crippen LogP contribution < -0.4 is 10.5 Å². The van der Waals surface area contributed by atoms with Crippen molar-refractivity contribution in [1.29, 1.82) is 0 Å². The van der Waals surface area contributed by atoms with E-state index in [0.717, 1.165) is 0 Å². The number of hydrogen-bond donors (Lipinski definition) is 2. The van der Waals surface area contributed by atoms with Gasteiger partial charge in [0.05, 0.1) is 17.1 Å². The summed E-state index contributed by atoms with van der Waals surface area (Å²) in [5, 5.41) is 22.3. The third kappa shape index (κ3) is 4.09. The predicted octanol–water partition coefficient (Wildman–Crippen LogP) is 1.49. The fourth-order valence-electron chi connectivity index (χ4n) is 1.52. The minimum atomic E-state index is -0.568. The lowest BCUT2D eigenvalue weighted by Gasteiger charge is -2.16. The van der Waals surface area contributed by atoms with E-state index in [2.05, 4.69) is 5.16 Å². The van der Waals surface area contributed by atoms with Gasteiger partial charge >= 0.3 is 0 Å². The Balaban J connectivity index is 3.03. The molecule has 1 aromatic carbocycles. The molecule has 1 rings (SSSR count). The zero-order chi connectivity index (χ0) is 15.1. The lowest BCUT2D eigenvalue weighted by atomic mass is 10.1. The first-order chi connectivity index (χ1) is 9.49. The Hall–Kier alpha value is -2.35. The summed E-state index contributed by atoms with van der Waals surface area (Å²) in [5.74, 6) is 0.0328. The molecule has 1 unspecified atom stereocenters. The SMILES string of the molecule is CCOCC(C)Oc1ccc([N+](=O)[O-])cc1/C(N)=N/O. The number of nitro groups is 1. The van der Waals surface area contributed by atoms with Gasteiger partial charge in [-0.15, -0.1) is 0 Å². The van der Waals surface area contributed by atoms with Crippen molar-refractivity contribution in [2.75, 3.05) is 13.2 Å². The fourth-order valence-corrected chi connectivity index (χ4v) is 1.52. The third-order valence-electron chi connectivity index (χ3n) is 2.44. The number of benzene rings is 1. The van der Waals surface area contributed by atoms with Crippen LogP contribution in [0.2, 0.25) is 0 Å². The van der Waals surface area contributed by atoms with Gasteiger partial charge in [-0.3, -0.25) is 10.1 Å². The van der Waals surface area contributed by atoms with Crippen LogP contribution >= 0.6 is 0 Å². The van der Waals surface area contributed by atoms with Crippen molar-refractivity contribution in [1.82, 2.24) is 0 Å². The van der Waals surface area contributed by atoms with Gasteiger partial charge in [0.15, 0.2) is 5.84 Å². The van der Waals surface area contributed by atoms with Crippen molar-refractivity contribution in [2.24, 2.45) is 10.9 Å². The zero-order valence-electron chi connectivity index (χ0n) is 11.3. The van der Waals surface area contributed by atoms with E-state index < -0.39 is 4.92 Å². The summed E-state index contributed by atoms with van der Waals surface area (Å²) in [5.41, 5.74) is 5.49. The van der Waals surface area contributed by atoms with E-state index in [0.29, 0.717) is 13.2 Å². The molecule has 0 aliphatic rings. The molecule has 0 aliphatic carbocycles. The van der Waals surface area contributed by atoms with Crippen LogP contribution in [-0.2, 0) is 4.74 Å². The number of nitro benzene ring substituents is 1. The van der Waals surface area contributed by atoms with Gasteiger partial charge in [0.1, 0.15) is 11.9 Å². The number of non-ortho nitro benzene ring substituents is 1. The second-order valence-corrected chi connectivity index (χ2v) is 4.01. The maximum atomic E-state index is 10.7. The maximum absolute atomic E-state index is 10.7. The molecule has 20 heavy (non-hydrogen) atoms. The van der Waals surface area contributed by atoms with Gasteiger partial charge in [0.25, 0.3) is 5.69 Å². The molecule has 0 bridgehead atoms. The van der Waals surface area contributed by atoms with Crippen molar-refractivity contribution in [3.05, 3.63) is 33.9 Å². The minimum Gasteiger partial charge on any atom is -0.488 e. The number of nitrogens with two attached hydrogens (primary N) is 1. The molecule has 8 heteroatoms. The first-order valence-electron chi connectivity index (χ1n) is 6.00. The standard InChI is InChI=1S/C12H17N3O5/c1-3-19-7-8(2)20-11-5-4-9(15(17)18)6-10(11)12(13)14-16/h4-6,8,16H,3,7H2,1-2H3,(H2,13,14). The van der Waals surface area contributed by atoms with Crippen molar-refractivity contribution in [2.45, 2.75) is 20.0 Å². The van der Waals surface area contributed by atoms with Crippen molar-refractivity contribution in [3.63, 3.8) is 0 Å². The van der Waals surface area contributed by atoms with Crippen LogP contribution in [0.15, 0.2) is 23.4 Å². The molecule has 0 amide bonds. The molecule has 3 N–H and O–H groups in total. The van der Waals surface area contributed by atoms with Gasteiger partial charge in [0.2, 0.25) is 0 Å². The number of oxime groups is 1. The van der Waals surface area contributed by atoms with Crippen molar-refractivity contribution in [3.8, 4) is 5.75 Å². The highest BCUT2D eigenvalue weighted by molar-refractivity contribution is 6.00. The summed E-state index contributed by atoms with van der Waals surface area (Å²) in [6.45, 7) is 4.57. The van der Waals surface area contributed by atoms with Crippen LogP contribution in [0.3, 0.4) is 0 Å². The number of ether oxygens (including phenoxy) is 2. The van der Waals surface area contributed by atoms with E-state index in [4.69, 9.17) is 20.4 Å². The molecule has 0 spiro atoms. The topological polar surface area (TPSA) is 120 Å². The Morgan fingerprint density at radius 1 is 1.60 bits per heavy atom. The molecule has 0 saturated heterocycles. The van der Waals surface area contributed by atoms with Gasteiger partial charge in [-0.25, -0.2) is 0 Å². The highest BCUT2D eigenvalue weighted by atomic mass is 16.6. The third-order valence-corrected chi connectivity index (χ3v) is 2.44. The van der Waals surface area contributed by atoms with Gasteiger partial charge < -0.3 is 20.4 Å². The first kappa shape index (κ1) is 15.7. The van der Waals surface area contributed by atoms with E-state index in [1.165, 1.54) is 18.2 Å². The van der Waals surface area contributed by atoms with E-state index in [-0.39, 0.29) is 28.9 Å². The van der Waals surface area contributed by atoms with Crippen LogP contribution in [0.1, 0.15) is 19.4 Å². The second-order valence-electron chi connectivity index (χ2n) is 4.01. The van der Waals surface area contributed by atoms with E-state index in [1.54, 1.807) is 6.92 Å². The van der Waals surface area contributed by atoms with E-state index in [9.17, 15) is 10.1 Å². The summed E-state index contributed by atoms with van der Waals surface area (Å²) in [7, 11) is 0. The van der Waals surface area contributed by atoms with E-state index in [1.807, 2.05) is 6.92 Å². The fraction of sp³-hybridized carbons (Fsp3) is 0.417. The largest absolute Gasteiger partial charge is 0.488 e. The average molecular weight is 283 g/mol. The quantitative estimate of drug-likeness (QED) is 0.257. The van der Waals surface area contributed by atoms with Gasteiger partial charge in [0, 0.05) is 18.7 Å². The molecule has 0 radical (unpaired) electrons. The molecular weight excluding hydrogens is 266 g/mol. The van der Waals surface area contributed by atoms with Crippen LogP contribution in [0.25, 0.3) is 0 Å². The second kappa shape index (κ2) is 7.29. The smallest absolute Gasteiger partial charge is 0.270 e. The Labute approximate surface area is 115 Å². The lowest BCUT2D eigenvalue weighted by Crippen LogP contribution is -2.22. The molecule has 0 aromatic heterocycles. The molecular formula is C12H17N3O5. The highest BCUT2D eigenvalue weighted by Crippen LogP contribution is 2.25. The maximum Gasteiger partial charge on any atom is 0.270 e. The molecule has 0 heterocycles. The lowest BCUT2D eigenvalue weighted by molar-refractivity contribution is -0.384. The predicted molar refractivity (Wildman–Crippen MR) is 72.2 cm³/mol. The molecule has 1 aromatic rings. The van der Waals surface area contributed by atoms with Crippen LogP contribution in [0.4, 0.5) is 5.69 Å². The zero-order valence-corrected chi connectivity index (χ0v) is 11.3. The highest BCUT2D eigenvalue weighted by Gasteiger charge is 2.16. The van der Waals surface area contributed by atoms with E-state index >= 15 is 0 Å². The molecule has 8 nitrogen and oxygen atoms in total. The summed E-state index contributed by atoms with van der Waals surface area (Å²) in [6, 6.07) is 3.89. The van der Waals surface area contributed by atoms with Gasteiger partial charge in [-0.1, -0.05) is 5.16 Å². The summed E-state index contributed by atoms with van der Waals surface area (Å²) in [6.07, 6.45) is -0.276. The van der Waals surface area contributed by atoms with Crippen LogP contribution in [0, 0.1) is 10.1 Å². The Bertz CT molecular complexity index is 504. The number of nitrogens with zero attached hydrogens (tertiary/aromatic N) is 2. The van der Waals surface area contributed by atoms with Crippen molar-refractivity contribution < 1.29 is 19.6 Å². The Kier molecular flexibility index (Phi) is 5.73. The Morgan fingerprint density at radius 2 is 2.30 bits per heavy atom. The first-order valence-corrected chi connectivity index (χ1v) is 6.00. The van der Waals surface area contributed by atoms with Crippen LogP contribution in [0.5, 0.6) is 5.75 Å². The molecule has 0 aliphatic heterocycles. The summed E-state index contributed by atoms with van der Waals surface area (Å²) in [4.78, 5) is 10.2. The van der Waals surface area contributed by atoms with Crippen molar-refractivity contribution >= 4 is 11.5 Å². The number of rotatable bonds is 7. The minimum absolute atomic E-state index is 0.157. The Morgan fingerprint density at radius 3 is 2.85 bits per heavy atom. The molecule has 1 atom stereocenters. The van der Waals surface area contributed by atoms with Gasteiger partial charge in [-0.2, -0.15) is 0 Å². The van der Waals surface area contributed by atoms with Gasteiger partial charge in [-0.05, 0) is 19.9 Å². The molecule has 0 fully saturated rings. The normalized spacial score (nSPS) is 13.0.